The Bertz CT molecular complexity index is 774. The van der Waals surface area contributed by atoms with Crippen LogP contribution in [0.1, 0.15) is 36.4 Å². The summed E-state index contributed by atoms with van der Waals surface area (Å²) in [7, 11) is 0. The third-order valence-corrected chi connectivity index (χ3v) is 5.46. The molecular weight excluding hydrogens is 324 g/mol. The lowest BCUT2D eigenvalue weighted by molar-refractivity contribution is -0.131. The van der Waals surface area contributed by atoms with E-state index >= 15 is 0 Å². The molecule has 136 valence electrons. The van der Waals surface area contributed by atoms with E-state index in [2.05, 4.69) is 46.8 Å². The van der Waals surface area contributed by atoms with Crippen molar-refractivity contribution in [1.82, 2.24) is 20.0 Å². The maximum Gasteiger partial charge on any atom is 0.244 e. The first-order valence-electron chi connectivity index (χ1n) is 9.56. The summed E-state index contributed by atoms with van der Waals surface area (Å²) >= 11 is 0. The van der Waals surface area contributed by atoms with Gasteiger partial charge in [0, 0.05) is 37.4 Å². The summed E-state index contributed by atoms with van der Waals surface area (Å²) in [5.41, 5.74) is 3.78. The van der Waals surface area contributed by atoms with E-state index < -0.39 is 0 Å². The molecule has 0 bridgehead atoms. The zero-order chi connectivity index (χ0) is 17.8. The van der Waals surface area contributed by atoms with Gasteiger partial charge in [0.1, 0.15) is 6.54 Å². The Morgan fingerprint density at radius 1 is 1.23 bits per heavy atom. The topological polar surface area (TPSA) is 50.2 Å². The highest BCUT2D eigenvalue weighted by Crippen LogP contribution is 2.24. The first-order chi connectivity index (χ1) is 12.8. The van der Waals surface area contributed by atoms with Gasteiger partial charge in [-0.05, 0) is 43.0 Å². The van der Waals surface area contributed by atoms with Crippen LogP contribution < -0.4 is 5.32 Å². The fraction of sp³-hybridized carbons (Fsp3) is 0.429. The third-order valence-electron chi connectivity index (χ3n) is 5.46. The highest BCUT2D eigenvalue weighted by atomic mass is 16.2. The highest BCUT2D eigenvalue weighted by Gasteiger charge is 2.22. The number of piperidine rings is 1. The molecule has 0 saturated carbocycles. The molecule has 0 aliphatic carbocycles. The lowest BCUT2D eigenvalue weighted by Gasteiger charge is -2.28. The van der Waals surface area contributed by atoms with E-state index in [4.69, 9.17) is 0 Å². The summed E-state index contributed by atoms with van der Waals surface area (Å²) in [5.74, 6) is 0.618. The number of amides is 1. The number of benzene rings is 1. The maximum absolute atomic E-state index is 12.8. The van der Waals surface area contributed by atoms with Crippen molar-refractivity contribution < 1.29 is 4.79 Å². The molecule has 5 nitrogen and oxygen atoms in total. The Kier molecular flexibility index (Phi) is 5.16. The molecule has 2 aliphatic heterocycles. The minimum atomic E-state index is 0.155. The van der Waals surface area contributed by atoms with Crippen LogP contribution in [0.3, 0.4) is 0 Å². The van der Waals surface area contributed by atoms with Gasteiger partial charge in [0.05, 0.1) is 0 Å². The summed E-state index contributed by atoms with van der Waals surface area (Å²) in [4.78, 5) is 14.7. The summed E-state index contributed by atoms with van der Waals surface area (Å²) in [6.07, 6.45) is 7.27. The Morgan fingerprint density at radius 3 is 2.85 bits per heavy atom. The number of hydrogen-bond donors (Lipinski definition) is 1. The molecule has 2 aromatic rings. The van der Waals surface area contributed by atoms with Gasteiger partial charge in [0.25, 0.3) is 0 Å². The largest absolute Gasteiger partial charge is 0.337 e. The lowest BCUT2D eigenvalue weighted by atomic mass is 9.96. The van der Waals surface area contributed by atoms with Crippen molar-refractivity contribution in [1.29, 1.82) is 0 Å². The molecule has 1 aromatic carbocycles. The van der Waals surface area contributed by atoms with Crippen LogP contribution in [-0.4, -0.2) is 46.8 Å². The Labute approximate surface area is 154 Å². The van der Waals surface area contributed by atoms with Crippen LogP contribution in [0, 0.1) is 0 Å². The highest BCUT2D eigenvalue weighted by molar-refractivity contribution is 5.78. The third kappa shape index (κ3) is 3.73. The van der Waals surface area contributed by atoms with Crippen LogP contribution in [-0.2, 0) is 11.3 Å². The molecular formula is C21H26N4O. The Hall–Kier alpha value is -2.40. The van der Waals surface area contributed by atoms with Crippen LogP contribution in [0.15, 0.2) is 48.7 Å². The molecule has 3 heterocycles. The van der Waals surface area contributed by atoms with E-state index in [1.54, 1.807) is 0 Å². The fourth-order valence-electron chi connectivity index (χ4n) is 3.96. The number of rotatable bonds is 4. The smallest absolute Gasteiger partial charge is 0.244 e. The van der Waals surface area contributed by atoms with Crippen LogP contribution in [0.4, 0.5) is 0 Å². The van der Waals surface area contributed by atoms with Crippen molar-refractivity contribution in [2.45, 2.75) is 31.7 Å². The number of carbonyl (C=O) groups is 1. The predicted molar refractivity (Wildman–Crippen MR) is 103 cm³/mol. The second-order valence-corrected chi connectivity index (χ2v) is 7.14. The van der Waals surface area contributed by atoms with E-state index in [1.165, 1.54) is 29.7 Å². The number of nitrogens with zero attached hydrogens (tertiary/aromatic N) is 3. The number of nitrogens with one attached hydrogen (secondary N) is 1. The van der Waals surface area contributed by atoms with Gasteiger partial charge in [-0.1, -0.05) is 36.4 Å². The first kappa shape index (κ1) is 17.0. The summed E-state index contributed by atoms with van der Waals surface area (Å²) in [6, 6.07) is 12.5. The van der Waals surface area contributed by atoms with E-state index in [-0.39, 0.29) is 5.91 Å². The standard InChI is InChI=1S/C21H26N4O/c26-21(16-25-20(8-12-23-25)19-7-4-11-22-15-19)24-13-9-18(10-14-24)17-5-2-1-3-6-17/h1-3,5-6,8-9,12,19,22H,4,7,10-11,13-16H2/t19-/m0/s1. The van der Waals surface area contributed by atoms with Crippen LogP contribution in [0.5, 0.6) is 0 Å². The van der Waals surface area contributed by atoms with Gasteiger partial charge in [0.15, 0.2) is 0 Å². The molecule has 1 atom stereocenters. The molecule has 26 heavy (non-hydrogen) atoms. The SMILES string of the molecule is O=C(Cn1nccc1[C@H]1CCCNC1)N1CC=C(c2ccccc2)CC1. The zero-order valence-electron chi connectivity index (χ0n) is 15.1. The van der Waals surface area contributed by atoms with Gasteiger partial charge in [-0.2, -0.15) is 5.10 Å². The molecule has 0 radical (unpaired) electrons. The molecule has 4 rings (SSSR count). The minimum Gasteiger partial charge on any atom is -0.337 e. The molecule has 1 N–H and O–H groups in total. The maximum atomic E-state index is 12.8. The van der Waals surface area contributed by atoms with Crippen molar-refractivity contribution in [2.75, 3.05) is 26.2 Å². The molecule has 0 unspecified atom stereocenters. The van der Waals surface area contributed by atoms with E-state index in [0.717, 1.165) is 26.1 Å². The van der Waals surface area contributed by atoms with Gasteiger partial charge in [-0.15, -0.1) is 0 Å². The zero-order valence-corrected chi connectivity index (χ0v) is 15.1. The molecule has 1 fully saturated rings. The normalized spacial score (nSPS) is 20.7. The molecule has 1 aromatic heterocycles. The predicted octanol–water partition coefficient (Wildman–Crippen LogP) is 2.67. The van der Waals surface area contributed by atoms with E-state index in [9.17, 15) is 4.79 Å². The van der Waals surface area contributed by atoms with Crippen LogP contribution >= 0.6 is 0 Å². The summed E-state index contributed by atoms with van der Waals surface area (Å²) in [5, 5.41) is 7.86. The van der Waals surface area contributed by atoms with Gasteiger partial charge in [0.2, 0.25) is 5.91 Å². The van der Waals surface area contributed by atoms with Gasteiger partial charge in [-0.3, -0.25) is 9.48 Å². The van der Waals surface area contributed by atoms with E-state index in [1.807, 2.05) is 21.8 Å². The Morgan fingerprint density at radius 2 is 2.12 bits per heavy atom. The van der Waals surface area contributed by atoms with E-state index in [0.29, 0.717) is 19.0 Å². The van der Waals surface area contributed by atoms with Crippen molar-refractivity contribution in [3.05, 3.63) is 59.9 Å². The summed E-state index contributed by atoms with van der Waals surface area (Å²) < 4.78 is 1.90. The second kappa shape index (κ2) is 7.87. The molecule has 1 saturated heterocycles. The molecule has 2 aliphatic rings. The Balaban J connectivity index is 1.39. The molecule has 1 amide bonds. The number of hydrogen-bond acceptors (Lipinski definition) is 3. The first-order valence-corrected chi connectivity index (χ1v) is 9.56. The minimum absolute atomic E-state index is 0.155. The number of carbonyl (C=O) groups excluding carboxylic acids is 1. The number of aromatic nitrogens is 2. The van der Waals surface area contributed by atoms with Crippen LogP contribution in [0.2, 0.25) is 0 Å². The summed E-state index contributed by atoms with van der Waals surface area (Å²) in [6.45, 7) is 3.87. The second-order valence-electron chi connectivity index (χ2n) is 7.14. The van der Waals surface area contributed by atoms with Gasteiger partial charge in [-0.25, -0.2) is 0 Å². The molecule has 5 heteroatoms. The average Bonchev–Trinajstić information content (AvgIpc) is 3.17. The quantitative estimate of drug-likeness (QED) is 0.922. The van der Waals surface area contributed by atoms with Gasteiger partial charge < -0.3 is 10.2 Å². The van der Waals surface area contributed by atoms with Crippen molar-refractivity contribution in [3.8, 4) is 0 Å². The molecule has 0 spiro atoms. The average molecular weight is 350 g/mol. The fourth-order valence-corrected chi connectivity index (χ4v) is 3.96. The lowest BCUT2D eigenvalue weighted by Crippen LogP contribution is -2.38. The van der Waals surface area contributed by atoms with Crippen molar-refractivity contribution in [2.24, 2.45) is 0 Å². The van der Waals surface area contributed by atoms with Crippen LogP contribution in [0.25, 0.3) is 5.57 Å². The van der Waals surface area contributed by atoms with Crippen molar-refractivity contribution >= 4 is 11.5 Å². The van der Waals surface area contributed by atoms with Crippen molar-refractivity contribution in [3.63, 3.8) is 0 Å². The van der Waals surface area contributed by atoms with Gasteiger partial charge >= 0.3 is 0 Å². The monoisotopic (exact) mass is 350 g/mol.